The van der Waals surface area contributed by atoms with Crippen LogP contribution in [-0.4, -0.2) is 4.98 Å². The van der Waals surface area contributed by atoms with Crippen LogP contribution in [0.4, 0.5) is 0 Å². The van der Waals surface area contributed by atoms with Gasteiger partial charge in [-0.05, 0) is 24.6 Å². The summed E-state index contributed by atoms with van der Waals surface area (Å²) < 4.78 is 6.00. The molecule has 0 spiro atoms. The molecule has 20 heavy (non-hydrogen) atoms. The van der Waals surface area contributed by atoms with Crippen molar-refractivity contribution in [2.24, 2.45) is 0 Å². The molecule has 1 N–H and O–H groups in total. The second-order valence-electron chi connectivity index (χ2n) is 5.49. The van der Waals surface area contributed by atoms with E-state index in [1.54, 1.807) is 0 Å². The Morgan fingerprint density at radius 2 is 2.00 bits per heavy atom. The number of benzene rings is 2. The van der Waals surface area contributed by atoms with Gasteiger partial charge in [0.25, 0.3) is 0 Å². The van der Waals surface area contributed by atoms with Crippen molar-refractivity contribution in [3.63, 3.8) is 0 Å². The van der Waals surface area contributed by atoms with Gasteiger partial charge in [-0.3, -0.25) is 0 Å². The van der Waals surface area contributed by atoms with E-state index in [9.17, 15) is 0 Å². The normalized spacial score (nSPS) is 19.8. The molecule has 1 aliphatic heterocycles. The zero-order valence-corrected chi connectivity index (χ0v) is 10.9. The number of allylic oxidation sites excluding steroid dienone is 4. The van der Waals surface area contributed by atoms with Gasteiger partial charge < -0.3 is 9.72 Å². The van der Waals surface area contributed by atoms with Gasteiger partial charge in [0.15, 0.2) is 0 Å². The molecule has 3 aromatic rings. The average molecular weight is 259 g/mol. The first kappa shape index (κ1) is 10.3. The maximum absolute atomic E-state index is 6.00. The summed E-state index contributed by atoms with van der Waals surface area (Å²) in [6, 6.07) is 12.9. The largest absolute Gasteiger partial charge is 0.461 e. The Kier molecular flexibility index (Phi) is 1.83. The van der Waals surface area contributed by atoms with E-state index in [-0.39, 0.29) is 0 Å². The average Bonchev–Trinajstić information content (AvgIpc) is 3.02. The van der Waals surface area contributed by atoms with Crippen molar-refractivity contribution < 1.29 is 4.74 Å². The van der Waals surface area contributed by atoms with Gasteiger partial charge in [0, 0.05) is 33.8 Å². The predicted octanol–water partition coefficient (Wildman–Crippen LogP) is 4.64. The lowest BCUT2D eigenvalue weighted by atomic mass is 9.91. The van der Waals surface area contributed by atoms with Crippen LogP contribution in [0.25, 0.3) is 21.8 Å². The maximum atomic E-state index is 6.00. The number of nitrogens with one attached hydrogen (secondary N) is 1. The predicted molar refractivity (Wildman–Crippen MR) is 81.0 cm³/mol. The van der Waals surface area contributed by atoms with Crippen molar-refractivity contribution in [1.29, 1.82) is 0 Å². The second kappa shape index (κ2) is 3.54. The first-order valence-electron chi connectivity index (χ1n) is 6.99. The standard InChI is InChI=1S/C18H13NO/c1-3-7-15-11(5-1)13-9-14-12-6-2-4-8-17(12)20-18(14)10-16(13)19-15/h1-5,7-10,12,19H,6H2. The minimum absolute atomic E-state index is 0.396. The number of para-hydroxylation sites is 1. The molecule has 1 aromatic heterocycles. The van der Waals surface area contributed by atoms with Crippen molar-refractivity contribution in [3.8, 4) is 5.75 Å². The summed E-state index contributed by atoms with van der Waals surface area (Å²) in [5.41, 5.74) is 3.65. The summed E-state index contributed by atoms with van der Waals surface area (Å²) >= 11 is 0. The molecule has 5 rings (SSSR count). The van der Waals surface area contributed by atoms with Gasteiger partial charge in [-0.15, -0.1) is 0 Å². The van der Waals surface area contributed by atoms with Crippen LogP contribution in [0.3, 0.4) is 0 Å². The van der Waals surface area contributed by atoms with E-state index in [2.05, 4.69) is 59.6 Å². The Bertz CT molecular complexity index is 914. The molecule has 2 nitrogen and oxygen atoms in total. The van der Waals surface area contributed by atoms with Crippen LogP contribution in [0.2, 0.25) is 0 Å². The molecule has 0 radical (unpaired) electrons. The fraction of sp³-hybridized carbons (Fsp3) is 0.111. The molecule has 0 amide bonds. The molecule has 1 atom stereocenters. The van der Waals surface area contributed by atoms with E-state index in [1.807, 2.05) is 0 Å². The lowest BCUT2D eigenvalue weighted by Crippen LogP contribution is -1.99. The van der Waals surface area contributed by atoms with E-state index in [0.29, 0.717) is 5.92 Å². The van der Waals surface area contributed by atoms with Crippen LogP contribution in [0, 0.1) is 0 Å². The Labute approximate surface area is 116 Å². The highest BCUT2D eigenvalue weighted by atomic mass is 16.5. The minimum Gasteiger partial charge on any atom is -0.461 e. The third kappa shape index (κ3) is 1.23. The zero-order chi connectivity index (χ0) is 13.1. The summed E-state index contributed by atoms with van der Waals surface area (Å²) in [5, 5.41) is 2.58. The number of aromatic amines is 1. The highest BCUT2D eigenvalue weighted by Crippen LogP contribution is 2.46. The van der Waals surface area contributed by atoms with E-state index >= 15 is 0 Å². The van der Waals surface area contributed by atoms with Gasteiger partial charge >= 0.3 is 0 Å². The maximum Gasteiger partial charge on any atom is 0.133 e. The van der Waals surface area contributed by atoms with Crippen molar-refractivity contribution in [1.82, 2.24) is 4.98 Å². The number of aromatic nitrogens is 1. The lowest BCUT2D eigenvalue weighted by molar-refractivity contribution is 0.425. The third-order valence-electron chi connectivity index (χ3n) is 4.35. The molecule has 1 aliphatic carbocycles. The highest BCUT2D eigenvalue weighted by Gasteiger charge is 2.30. The van der Waals surface area contributed by atoms with E-state index in [0.717, 1.165) is 23.4 Å². The Morgan fingerprint density at radius 3 is 3.00 bits per heavy atom. The van der Waals surface area contributed by atoms with Crippen LogP contribution in [0.1, 0.15) is 17.9 Å². The summed E-state index contributed by atoms with van der Waals surface area (Å²) in [7, 11) is 0. The van der Waals surface area contributed by atoms with Gasteiger partial charge in [-0.25, -0.2) is 0 Å². The van der Waals surface area contributed by atoms with Crippen molar-refractivity contribution in [3.05, 3.63) is 65.9 Å². The SMILES string of the molecule is C1=CCC2C(=C1)Oc1cc3[nH]c4ccccc4c3cc12. The number of hydrogen-bond donors (Lipinski definition) is 1. The third-order valence-corrected chi connectivity index (χ3v) is 4.35. The van der Waals surface area contributed by atoms with Crippen molar-refractivity contribution >= 4 is 21.8 Å². The van der Waals surface area contributed by atoms with Gasteiger partial charge in [0.05, 0.1) is 5.52 Å². The summed E-state index contributed by atoms with van der Waals surface area (Å²) in [6.07, 6.45) is 7.42. The van der Waals surface area contributed by atoms with Crippen LogP contribution < -0.4 is 4.74 Å². The number of fused-ring (bicyclic) bond motifs is 6. The molecule has 2 aliphatic rings. The molecule has 0 saturated heterocycles. The molecule has 0 saturated carbocycles. The first-order valence-corrected chi connectivity index (χ1v) is 6.99. The smallest absolute Gasteiger partial charge is 0.133 e. The fourth-order valence-corrected chi connectivity index (χ4v) is 3.38. The second-order valence-corrected chi connectivity index (χ2v) is 5.49. The molecule has 1 unspecified atom stereocenters. The molecule has 2 heterocycles. The number of ether oxygens (including phenoxy) is 1. The summed E-state index contributed by atoms with van der Waals surface area (Å²) in [6.45, 7) is 0. The van der Waals surface area contributed by atoms with Crippen LogP contribution >= 0.6 is 0 Å². The minimum atomic E-state index is 0.396. The van der Waals surface area contributed by atoms with Crippen LogP contribution in [-0.2, 0) is 0 Å². The number of hydrogen-bond acceptors (Lipinski definition) is 1. The van der Waals surface area contributed by atoms with E-state index in [1.165, 1.54) is 21.9 Å². The molecule has 2 aromatic carbocycles. The van der Waals surface area contributed by atoms with Gasteiger partial charge in [-0.2, -0.15) is 0 Å². The quantitative estimate of drug-likeness (QED) is 0.625. The van der Waals surface area contributed by atoms with Gasteiger partial charge in [0.2, 0.25) is 0 Å². The highest BCUT2D eigenvalue weighted by molar-refractivity contribution is 6.08. The zero-order valence-electron chi connectivity index (χ0n) is 10.9. The topological polar surface area (TPSA) is 25.0 Å². The fourth-order valence-electron chi connectivity index (χ4n) is 3.38. The molecule has 2 heteroatoms. The van der Waals surface area contributed by atoms with Gasteiger partial charge in [-0.1, -0.05) is 30.4 Å². The molecule has 0 bridgehead atoms. The van der Waals surface area contributed by atoms with E-state index in [4.69, 9.17) is 4.74 Å². The van der Waals surface area contributed by atoms with Crippen molar-refractivity contribution in [2.45, 2.75) is 12.3 Å². The van der Waals surface area contributed by atoms with Gasteiger partial charge in [0.1, 0.15) is 11.5 Å². The Morgan fingerprint density at radius 1 is 1.05 bits per heavy atom. The summed E-state index contributed by atoms with van der Waals surface area (Å²) in [5.74, 6) is 2.48. The lowest BCUT2D eigenvalue weighted by Gasteiger charge is -2.10. The molecule has 96 valence electrons. The Balaban J connectivity index is 1.83. The number of H-pyrrole nitrogens is 1. The number of rotatable bonds is 0. The van der Waals surface area contributed by atoms with Crippen LogP contribution in [0.15, 0.2) is 60.4 Å². The van der Waals surface area contributed by atoms with Crippen molar-refractivity contribution in [2.75, 3.05) is 0 Å². The molecular weight excluding hydrogens is 246 g/mol. The molecule has 0 fully saturated rings. The summed E-state index contributed by atoms with van der Waals surface area (Å²) in [4.78, 5) is 3.47. The monoisotopic (exact) mass is 259 g/mol. The van der Waals surface area contributed by atoms with Crippen LogP contribution in [0.5, 0.6) is 5.75 Å². The first-order chi connectivity index (χ1) is 9.90. The molecular formula is C18H13NO. The Hall–Kier alpha value is -2.48. The van der Waals surface area contributed by atoms with E-state index < -0.39 is 0 Å².